The van der Waals surface area contributed by atoms with Gasteiger partial charge in [-0.2, -0.15) is 0 Å². The van der Waals surface area contributed by atoms with Crippen molar-refractivity contribution in [3.63, 3.8) is 0 Å². The number of aliphatic hydroxyl groups excluding tert-OH is 1. The lowest BCUT2D eigenvalue weighted by Gasteiger charge is -2.11. The van der Waals surface area contributed by atoms with E-state index in [0.29, 0.717) is 24.5 Å². The smallest absolute Gasteiger partial charge is 0.311 e. The number of esters is 1. The fourth-order valence-electron chi connectivity index (χ4n) is 2.30. The lowest BCUT2D eigenvalue weighted by Crippen LogP contribution is -2.09. The highest BCUT2D eigenvalue weighted by atomic mass is 16.6. The van der Waals surface area contributed by atoms with Gasteiger partial charge in [0.15, 0.2) is 11.5 Å². The number of hydrogen-bond donors (Lipinski definition) is 1. The van der Waals surface area contributed by atoms with Crippen molar-refractivity contribution in [2.24, 2.45) is 0 Å². The van der Waals surface area contributed by atoms with Gasteiger partial charge in [0.1, 0.15) is 6.61 Å². The third-order valence-corrected chi connectivity index (χ3v) is 3.60. The minimum atomic E-state index is -0.255. The van der Waals surface area contributed by atoms with Crippen molar-refractivity contribution in [2.75, 3.05) is 6.61 Å². The normalized spacial score (nSPS) is 10.4. The largest absolute Gasteiger partial charge is 0.485 e. The average Bonchev–Trinajstić information content (AvgIpc) is 2.62. The Labute approximate surface area is 143 Å². The van der Waals surface area contributed by atoms with E-state index in [9.17, 15) is 4.79 Å². The van der Waals surface area contributed by atoms with E-state index in [1.54, 1.807) is 12.1 Å². The van der Waals surface area contributed by atoms with Crippen molar-refractivity contribution in [3.05, 3.63) is 60.2 Å². The number of hydrogen-bond acceptors (Lipinski definition) is 4. The first kappa shape index (κ1) is 18.0. The van der Waals surface area contributed by atoms with Crippen LogP contribution in [0, 0.1) is 0 Å². The van der Waals surface area contributed by atoms with Crippen molar-refractivity contribution < 1.29 is 19.4 Å². The standard InChI is InChI=1S/C20H24O4/c21-15-9-2-1-6-14-20(22)24-19-13-8-7-12-18(19)23-16-17-10-4-3-5-11-17/h3-5,7-8,10-13,21H,1-2,6,9,14-16H2. The van der Waals surface area contributed by atoms with E-state index in [1.165, 1.54) is 0 Å². The number of carbonyl (C=O) groups is 1. The number of rotatable bonds is 10. The molecule has 0 aliphatic rings. The monoisotopic (exact) mass is 328 g/mol. The number of aliphatic hydroxyl groups is 1. The first-order valence-corrected chi connectivity index (χ1v) is 8.37. The molecule has 0 radical (unpaired) electrons. The summed E-state index contributed by atoms with van der Waals surface area (Å²) in [6.45, 7) is 0.632. The predicted molar refractivity (Wildman–Crippen MR) is 93.0 cm³/mol. The molecular weight excluding hydrogens is 304 g/mol. The molecule has 4 nitrogen and oxygen atoms in total. The van der Waals surface area contributed by atoms with Crippen LogP contribution in [0.3, 0.4) is 0 Å². The van der Waals surface area contributed by atoms with Crippen LogP contribution >= 0.6 is 0 Å². The van der Waals surface area contributed by atoms with Crippen LogP contribution in [0.1, 0.15) is 37.7 Å². The van der Waals surface area contributed by atoms with E-state index in [0.717, 1.165) is 31.2 Å². The third kappa shape index (κ3) is 6.42. The van der Waals surface area contributed by atoms with E-state index in [-0.39, 0.29) is 12.6 Å². The van der Waals surface area contributed by atoms with Gasteiger partial charge >= 0.3 is 5.97 Å². The molecule has 128 valence electrons. The zero-order valence-electron chi connectivity index (χ0n) is 13.8. The SMILES string of the molecule is O=C(CCCCCCO)Oc1ccccc1OCc1ccccc1. The molecule has 0 saturated carbocycles. The van der Waals surface area contributed by atoms with Crippen molar-refractivity contribution in [2.45, 2.75) is 38.7 Å². The lowest BCUT2D eigenvalue weighted by molar-refractivity contribution is -0.134. The average molecular weight is 328 g/mol. The first-order chi connectivity index (χ1) is 11.8. The van der Waals surface area contributed by atoms with Gasteiger partial charge in [-0.05, 0) is 30.5 Å². The van der Waals surface area contributed by atoms with Gasteiger partial charge in [0.2, 0.25) is 0 Å². The Kier molecular flexibility index (Phi) is 7.84. The highest BCUT2D eigenvalue weighted by Crippen LogP contribution is 2.27. The Balaban J connectivity index is 1.83. The lowest BCUT2D eigenvalue weighted by atomic mass is 10.1. The summed E-state index contributed by atoms with van der Waals surface area (Å²) in [6.07, 6.45) is 3.78. The Morgan fingerprint density at radius 3 is 2.25 bits per heavy atom. The Hall–Kier alpha value is -2.33. The highest BCUT2D eigenvalue weighted by molar-refractivity contribution is 5.73. The van der Waals surface area contributed by atoms with Crippen molar-refractivity contribution in [1.29, 1.82) is 0 Å². The topological polar surface area (TPSA) is 55.8 Å². The van der Waals surface area contributed by atoms with Crippen molar-refractivity contribution in [1.82, 2.24) is 0 Å². The van der Waals surface area contributed by atoms with Crippen LogP contribution in [-0.4, -0.2) is 17.7 Å². The molecule has 2 aromatic rings. The summed E-state index contributed by atoms with van der Waals surface area (Å²) in [4.78, 5) is 11.9. The summed E-state index contributed by atoms with van der Waals surface area (Å²) in [5, 5.41) is 8.73. The summed E-state index contributed by atoms with van der Waals surface area (Å²) >= 11 is 0. The molecule has 0 heterocycles. The van der Waals surface area contributed by atoms with Gasteiger partial charge in [-0.3, -0.25) is 4.79 Å². The summed E-state index contributed by atoms with van der Waals surface area (Å²) in [5.74, 6) is 0.763. The van der Waals surface area contributed by atoms with E-state index in [2.05, 4.69) is 0 Å². The maximum atomic E-state index is 11.9. The number of ether oxygens (including phenoxy) is 2. The Morgan fingerprint density at radius 2 is 1.50 bits per heavy atom. The van der Waals surface area contributed by atoms with Gasteiger partial charge in [0.25, 0.3) is 0 Å². The van der Waals surface area contributed by atoms with Crippen LogP contribution in [0.25, 0.3) is 0 Å². The van der Waals surface area contributed by atoms with Crippen LogP contribution in [0.2, 0.25) is 0 Å². The van der Waals surface area contributed by atoms with Gasteiger partial charge in [-0.25, -0.2) is 0 Å². The highest BCUT2D eigenvalue weighted by Gasteiger charge is 2.10. The predicted octanol–water partition coefficient (Wildman–Crippen LogP) is 4.11. The van der Waals surface area contributed by atoms with Crippen LogP contribution in [0.4, 0.5) is 0 Å². The molecule has 24 heavy (non-hydrogen) atoms. The fourth-order valence-corrected chi connectivity index (χ4v) is 2.30. The number of unbranched alkanes of at least 4 members (excludes halogenated alkanes) is 3. The van der Waals surface area contributed by atoms with E-state index < -0.39 is 0 Å². The molecule has 0 aliphatic carbocycles. The molecule has 0 fully saturated rings. The second-order valence-corrected chi connectivity index (χ2v) is 5.58. The second kappa shape index (κ2) is 10.4. The van der Waals surface area contributed by atoms with Crippen LogP contribution in [-0.2, 0) is 11.4 Å². The summed E-state index contributed by atoms with van der Waals surface area (Å²) in [7, 11) is 0. The molecule has 2 aromatic carbocycles. The minimum absolute atomic E-state index is 0.205. The number of benzene rings is 2. The van der Waals surface area contributed by atoms with Crippen molar-refractivity contribution >= 4 is 5.97 Å². The van der Waals surface area contributed by atoms with E-state index in [4.69, 9.17) is 14.6 Å². The molecule has 0 atom stereocenters. The van der Waals surface area contributed by atoms with E-state index >= 15 is 0 Å². The van der Waals surface area contributed by atoms with Gasteiger partial charge in [-0.15, -0.1) is 0 Å². The maximum Gasteiger partial charge on any atom is 0.311 e. The van der Waals surface area contributed by atoms with Crippen LogP contribution in [0.15, 0.2) is 54.6 Å². The molecule has 0 bridgehead atoms. The molecule has 4 heteroatoms. The second-order valence-electron chi connectivity index (χ2n) is 5.58. The third-order valence-electron chi connectivity index (χ3n) is 3.60. The Morgan fingerprint density at radius 1 is 0.833 bits per heavy atom. The van der Waals surface area contributed by atoms with Gasteiger partial charge < -0.3 is 14.6 Å². The fraction of sp³-hybridized carbons (Fsp3) is 0.350. The molecule has 0 aromatic heterocycles. The molecule has 1 N–H and O–H groups in total. The van der Waals surface area contributed by atoms with Gasteiger partial charge in [-0.1, -0.05) is 55.3 Å². The molecule has 2 rings (SSSR count). The molecular formula is C20H24O4. The van der Waals surface area contributed by atoms with Crippen molar-refractivity contribution in [3.8, 4) is 11.5 Å². The van der Waals surface area contributed by atoms with Crippen LogP contribution < -0.4 is 9.47 Å². The quantitative estimate of drug-likeness (QED) is 0.405. The minimum Gasteiger partial charge on any atom is -0.485 e. The summed E-state index contributed by atoms with van der Waals surface area (Å²) in [6, 6.07) is 17.1. The van der Waals surface area contributed by atoms with Crippen LogP contribution in [0.5, 0.6) is 11.5 Å². The maximum absolute atomic E-state index is 11.9. The van der Waals surface area contributed by atoms with E-state index in [1.807, 2.05) is 42.5 Å². The molecule has 0 amide bonds. The molecule has 0 saturated heterocycles. The van der Waals surface area contributed by atoms with Gasteiger partial charge in [0.05, 0.1) is 0 Å². The zero-order valence-corrected chi connectivity index (χ0v) is 13.8. The molecule has 0 aliphatic heterocycles. The first-order valence-electron chi connectivity index (χ1n) is 8.37. The number of carbonyl (C=O) groups excluding carboxylic acids is 1. The summed E-state index contributed by atoms with van der Waals surface area (Å²) < 4.78 is 11.2. The molecule has 0 spiro atoms. The summed E-state index contributed by atoms with van der Waals surface area (Å²) in [5.41, 5.74) is 1.06. The number of para-hydroxylation sites is 2. The Bertz CT molecular complexity index is 610. The van der Waals surface area contributed by atoms with Gasteiger partial charge in [0, 0.05) is 13.0 Å². The zero-order chi connectivity index (χ0) is 17.0. The molecule has 0 unspecified atom stereocenters.